The Hall–Kier alpha value is -2.05. The van der Waals surface area contributed by atoms with Crippen molar-refractivity contribution >= 4 is 40.4 Å². The zero-order valence-corrected chi connectivity index (χ0v) is 14.6. The summed E-state index contributed by atoms with van der Waals surface area (Å²) in [5.41, 5.74) is 0.822. The lowest BCUT2D eigenvalue weighted by Gasteiger charge is -2.34. The third kappa shape index (κ3) is 4.07. The summed E-state index contributed by atoms with van der Waals surface area (Å²) in [7, 11) is 0. The van der Waals surface area contributed by atoms with E-state index in [0.717, 1.165) is 10.6 Å². The van der Waals surface area contributed by atoms with Crippen molar-refractivity contribution in [3.8, 4) is 0 Å². The van der Waals surface area contributed by atoms with Gasteiger partial charge in [-0.3, -0.25) is 9.59 Å². The van der Waals surface area contributed by atoms with Crippen LogP contribution in [-0.2, 0) is 4.79 Å². The predicted molar refractivity (Wildman–Crippen MR) is 96.7 cm³/mol. The van der Waals surface area contributed by atoms with Crippen LogP contribution >= 0.6 is 22.9 Å². The van der Waals surface area contributed by atoms with Gasteiger partial charge in [-0.1, -0.05) is 23.7 Å². The molecule has 5 nitrogen and oxygen atoms in total. The Morgan fingerprint density at radius 3 is 2.50 bits per heavy atom. The number of piperazine rings is 1. The van der Waals surface area contributed by atoms with E-state index in [-0.39, 0.29) is 18.4 Å². The van der Waals surface area contributed by atoms with Gasteiger partial charge in [0.2, 0.25) is 5.91 Å². The Labute approximate surface area is 149 Å². The van der Waals surface area contributed by atoms with E-state index in [0.29, 0.717) is 31.2 Å². The van der Waals surface area contributed by atoms with Crippen LogP contribution in [0.15, 0.2) is 41.8 Å². The highest BCUT2D eigenvalue weighted by Crippen LogP contribution is 2.16. The molecule has 0 spiro atoms. The van der Waals surface area contributed by atoms with Crippen molar-refractivity contribution in [3.05, 3.63) is 51.7 Å². The second-order valence-corrected chi connectivity index (χ2v) is 6.90. The highest BCUT2D eigenvalue weighted by atomic mass is 35.5. The van der Waals surface area contributed by atoms with E-state index >= 15 is 0 Å². The van der Waals surface area contributed by atoms with Gasteiger partial charge in [-0.15, -0.1) is 11.3 Å². The topological polar surface area (TPSA) is 52.7 Å². The highest BCUT2D eigenvalue weighted by Gasteiger charge is 2.24. The van der Waals surface area contributed by atoms with Gasteiger partial charge in [-0.2, -0.15) is 0 Å². The lowest BCUT2D eigenvalue weighted by molar-refractivity contribution is -0.130. The first-order chi connectivity index (χ1) is 11.6. The number of carbonyl (C=O) groups excluding carboxylic acids is 2. The van der Waals surface area contributed by atoms with E-state index < -0.39 is 0 Å². The molecule has 1 aliphatic heterocycles. The molecule has 0 aliphatic carbocycles. The third-order valence-electron chi connectivity index (χ3n) is 3.92. The Balaban J connectivity index is 1.47. The van der Waals surface area contributed by atoms with Gasteiger partial charge < -0.3 is 15.1 Å². The number of anilines is 1. The van der Waals surface area contributed by atoms with Crippen LogP contribution in [-0.4, -0.2) is 54.3 Å². The Morgan fingerprint density at radius 1 is 1.08 bits per heavy atom. The van der Waals surface area contributed by atoms with Crippen LogP contribution in [0.1, 0.15) is 9.67 Å². The molecular formula is C17H18ClN3O2S. The lowest BCUT2D eigenvalue weighted by atomic mass is 10.2. The molecule has 0 radical (unpaired) electrons. The Bertz CT molecular complexity index is 712. The smallest absolute Gasteiger partial charge is 0.264 e. The van der Waals surface area contributed by atoms with E-state index in [9.17, 15) is 9.59 Å². The van der Waals surface area contributed by atoms with Crippen molar-refractivity contribution in [2.45, 2.75) is 0 Å². The van der Waals surface area contributed by atoms with Crippen LogP contribution < -0.4 is 5.32 Å². The summed E-state index contributed by atoms with van der Waals surface area (Å²) in [4.78, 5) is 28.9. The average molecular weight is 364 g/mol. The monoisotopic (exact) mass is 363 g/mol. The number of benzene rings is 1. The van der Waals surface area contributed by atoms with Crippen LogP contribution in [0.3, 0.4) is 0 Å². The zero-order valence-electron chi connectivity index (χ0n) is 13.1. The van der Waals surface area contributed by atoms with Gasteiger partial charge in [-0.05, 0) is 29.6 Å². The molecule has 0 unspecified atom stereocenters. The van der Waals surface area contributed by atoms with Crippen molar-refractivity contribution in [2.75, 3.05) is 38.0 Å². The molecule has 2 heterocycles. The number of carbonyl (C=O) groups is 2. The standard InChI is InChI=1S/C17H18ClN3O2S/c18-13-3-1-4-14(11-13)19-12-16(22)20-6-8-21(9-7-20)17(23)15-5-2-10-24-15/h1-5,10-11,19H,6-9,12H2. The fraction of sp³-hybridized carbons (Fsp3) is 0.294. The van der Waals surface area contributed by atoms with Crippen LogP contribution in [0.5, 0.6) is 0 Å². The molecule has 2 amide bonds. The van der Waals surface area contributed by atoms with Gasteiger partial charge in [0.25, 0.3) is 5.91 Å². The van der Waals surface area contributed by atoms with Gasteiger partial charge in [-0.25, -0.2) is 0 Å². The quantitative estimate of drug-likeness (QED) is 0.908. The van der Waals surface area contributed by atoms with Crippen molar-refractivity contribution < 1.29 is 9.59 Å². The number of nitrogens with one attached hydrogen (secondary N) is 1. The molecule has 1 fully saturated rings. The normalized spacial score (nSPS) is 14.5. The van der Waals surface area contributed by atoms with Crippen LogP contribution in [0.4, 0.5) is 5.69 Å². The van der Waals surface area contributed by atoms with Gasteiger partial charge in [0.1, 0.15) is 0 Å². The summed E-state index contributed by atoms with van der Waals surface area (Å²) in [5, 5.41) is 5.61. The number of nitrogens with zero attached hydrogens (tertiary/aromatic N) is 2. The number of hydrogen-bond acceptors (Lipinski definition) is 4. The van der Waals surface area contributed by atoms with Crippen molar-refractivity contribution in [1.29, 1.82) is 0 Å². The van der Waals surface area contributed by atoms with Gasteiger partial charge in [0.05, 0.1) is 11.4 Å². The molecule has 0 saturated carbocycles. The minimum Gasteiger partial charge on any atom is -0.376 e. The van der Waals surface area contributed by atoms with Crippen LogP contribution in [0, 0.1) is 0 Å². The second-order valence-electron chi connectivity index (χ2n) is 5.51. The highest BCUT2D eigenvalue weighted by molar-refractivity contribution is 7.12. The molecule has 2 aromatic rings. The summed E-state index contributed by atoms with van der Waals surface area (Å²) in [6.45, 7) is 2.48. The van der Waals surface area contributed by atoms with Gasteiger partial charge in [0.15, 0.2) is 0 Å². The van der Waals surface area contributed by atoms with E-state index in [4.69, 9.17) is 11.6 Å². The first kappa shape index (κ1) is 16.8. The largest absolute Gasteiger partial charge is 0.376 e. The van der Waals surface area contributed by atoms with E-state index in [2.05, 4.69) is 5.32 Å². The predicted octanol–water partition coefficient (Wildman–Crippen LogP) is 2.80. The van der Waals surface area contributed by atoms with Gasteiger partial charge >= 0.3 is 0 Å². The molecule has 1 saturated heterocycles. The summed E-state index contributed by atoms with van der Waals surface area (Å²) < 4.78 is 0. The van der Waals surface area contributed by atoms with Crippen molar-refractivity contribution in [2.24, 2.45) is 0 Å². The molecule has 1 aromatic heterocycles. The summed E-state index contributed by atoms with van der Waals surface area (Å²) >= 11 is 7.37. The molecule has 1 aromatic carbocycles. The SMILES string of the molecule is O=C(CNc1cccc(Cl)c1)N1CCN(C(=O)c2cccs2)CC1. The third-order valence-corrected chi connectivity index (χ3v) is 5.01. The molecule has 0 atom stereocenters. The van der Waals surface area contributed by atoms with E-state index in [1.807, 2.05) is 29.6 Å². The number of rotatable bonds is 4. The van der Waals surface area contributed by atoms with Crippen LogP contribution in [0.2, 0.25) is 5.02 Å². The maximum Gasteiger partial charge on any atom is 0.264 e. The number of amides is 2. The summed E-state index contributed by atoms with van der Waals surface area (Å²) in [6.07, 6.45) is 0. The molecule has 0 bridgehead atoms. The Morgan fingerprint density at radius 2 is 1.83 bits per heavy atom. The second kappa shape index (κ2) is 7.68. The fourth-order valence-electron chi connectivity index (χ4n) is 2.60. The average Bonchev–Trinajstić information content (AvgIpc) is 3.14. The molecule has 7 heteroatoms. The minimum atomic E-state index is 0.0261. The number of hydrogen-bond donors (Lipinski definition) is 1. The van der Waals surface area contributed by atoms with Gasteiger partial charge in [0, 0.05) is 36.9 Å². The maximum atomic E-state index is 12.3. The molecule has 1 aliphatic rings. The fourth-order valence-corrected chi connectivity index (χ4v) is 3.48. The Kier molecular flexibility index (Phi) is 5.37. The molecule has 3 rings (SSSR count). The van der Waals surface area contributed by atoms with E-state index in [1.54, 1.807) is 21.9 Å². The lowest BCUT2D eigenvalue weighted by Crippen LogP contribution is -2.51. The molecule has 1 N–H and O–H groups in total. The van der Waals surface area contributed by atoms with Crippen molar-refractivity contribution in [1.82, 2.24) is 9.80 Å². The number of thiophene rings is 1. The van der Waals surface area contributed by atoms with Crippen molar-refractivity contribution in [3.63, 3.8) is 0 Å². The molecular weight excluding hydrogens is 346 g/mol. The maximum absolute atomic E-state index is 12.3. The molecule has 24 heavy (non-hydrogen) atoms. The summed E-state index contributed by atoms with van der Waals surface area (Å²) in [6, 6.07) is 11.0. The van der Waals surface area contributed by atoms with Crippen LogP contribution in [0.25, 0.3) is 0 Å². The first-order valence-electron chi connectivity index (χ1n) is 7.73. The summed E-state index contributed by atoms with van der Waals surface area (Å²) in [5.74, 6) is 0.0762. The zero-order chi connectivity index (χ0) is 16.9. The molecule has 126 valence electrons. The number of halogens is 1. The first-order valence-corrected chi connectivity index (χ1v) is 8.99. The van der Waals surface area contributed by atoms with E-state index in [1.165, 1.54) is 11.3 Å². The minimum absolute atomic E-state index is 0.0261.